The summed E-state index contributed by atoms with van der Waals surface area (Å²) in [5.41, 5.74) is 1.83. The molecule has 1 fully saturated rings. The van der Waals surface area contributed by atoms with Crippen LogP contribution in [0.1, 0.15) is 38.1 Å². The highest BCUT2D eigenvalue weighted by Crippen LogP contribution is 2.28. The third-order valence-corrected chi connectivity index (χ3v) is 4.23. The van der Waals surface area contributed by atoms with Gasteiger partial charge in [-0.2, -0.15) is 0 Å². The van der Waals surface area contributed by atoms with Crippen molar-refractivity contribution < 1.29 is 0 Å². The number of hydrogen-bond donors (Lipinski definition) is 2. The zero-order valence-electron chi connectivity index (χ0n) is 12.5. The fourth-order valence-electron chi connectivity index (χ4n) is 2.89. The Morgan fingerprint density at radius 3 is 2.90 bits per heavy atom. The van der Waals surface area contributed by atoms with E-state index in [9.17, 15) is 0 Å². The van der Waals surface area contributed by atoms with Crippen LogP contribution in [0.3, 0.4) is 0 Å². The predicted octanol–water partition coefficient (Wildman–Crippen LogP) is 2.47. The van der Waals surface area contributed by atoms with Crippen LogP contribution in [0.15, 0.2) is 12.1 Å². The molecule has 2 aromatic rings. The average Bonchev–Trinajstić information content (AvgIpc) is 2.90. The molecule has 1 aliphatic rings. The molecule has 3 heterocycles. The quantitative estimate of drug-likeness (QED) is 0.902. The second-order valence-corrected chi connectivity index (χ2v) is 5.86. The van der Waals surface area contributed by atoms with Gasteiger partial charge >= 0.3 is 0 Å². The summed E-state index contributed by atoms with van der Waals surface area (Å²) in [5, 5.41) is 3.57. The molecule has 1 aliphatic heterocycles. The number of H-pyrrole nitrogens is 1. The van der Waals surface area contributed by atoms with Gasteiger partial charge in [-0.15, -0.1) is 0 Å². The minimum absolute atomic E-state index is 0.339. The Balaban J connectivity index is 1.88. The number of pyridine rings is 1. The number of nitrogens with zero attached hydrogens (tertiary/aromatic N) is 3. The standard InChI is InChI=1S/C15H23N5/c1-4-10-7-8-16-12(9-10)15-17-11-5-6-13(20(2)3)18-14(11)19-15/h5-6,10,12,16H,4,7-9H2,1-3H3,(H,17,18,19). The Morgan fingerprint density at radius 1 is 1.30 bits per heavy atom. The highest BCUT2D eigenvalue weighted by Gasteiger charge is 2.24. The summed E-state index contributed by atoms with van der Waals surface area (Å²) < 4.78 is 0. The van der Waals surface area contributed by atoms with Crippen LogP contribution in [0.25, 0.3) is 11.2 Å². The maximum absolute atomic E-state index is 4.69. The number of hydrogen-bond acceptors (Lipinski definition) is 4. The molecule has 108 valence electrons. The van der Waals surface area contributed by atoms with Gasteiger partial charge in [0.05, 0.1) is 11.6 Å². The second-order valence-electron chi connectivity index (χ2n) is 5.86. The normalized spacial score (nSPS) is 23.1. The summed E-state index contributed by atoms with van der Waals surface area (Å²) in [6, 6.07) is 4.42. The predicted molar refractivity (Wildman–Crippen MR) is 82.0 cm³/mol. The van der Waals surface area contributed by atoms with Crippen molar-refractivity contribution in [3.05, 3.63) is 18.0 Å². The number of anilines is 1. The van der Waals surface area contributed by atoms with Crippen LogP contribution in [-0.2, 0) is 0 Å². The number of fused-ring (bicyclic) bond motifs is 1. The van der Waals surface area contributed by atoms with E-state index in [0.29, 0.717) is 6.04 Å². The lowest BCUT2D eigenvalue weighted by molar-refractivity contribution is 0.292. The molecule has 3 rings (SSSR count). The van der Waals surface area contributed by atoms with Gasteiger partial charge in [0.1, 0.15) is 11.6 Å². The van der Waals surface area contributed by atoms with E-state index in [0.717, 1.165) is 41.7 Å². The van der Waals surface area contributed by atoms with Gasteiger partial charge in [-0.05, 0) is 37.4 Å². The van der Waals surface area contributed by atoms with E-state index in [1.807, 2.05) is 25.1 Å². The number of imidazole rings is 1. The van der Waals surface area contributed by atoms with Crippen molar-refractivity contribution in [3.8, 4) is 0 Å². The molecule has 5 nitrogen and oxygen atoms in total. The van der Waals surface area contributed by atoms with Gasteiger partial charge in [0.25, 0.3) is 0 Å². The number of aromatic amines is 1. The van der Waals surface area contributed by atoms with Crippen LogP contribution in [0.2, 0.25) is 0 Å². The van der Waals surface area contributed by atoms with Crippen LogP contribution < -0.4 is 10.2 Å². The molecule has 0 spiro atoms. The lowest BCUT2D eigenvalue weighted by Crippen LogP contribution is -2.32. The number of aromatic nitrogens is 3. The molecule has 2 atom stereocenters. The zero-order valence-corrected chi connectivity index (χ0v) is 12.5. The van der Waals surface area contributed by atoms with Crippen LogP contribution >= 0.6 is 0 Å². The van der Waals surface area contributed by atoms with Gasteiger partial charge < -0.3 is 15.2 Å². The van der Waals surface area contributed by atoms with E-state index < -0.39 is 0 Å². The Morgan fingerprint density at radius 2 is 2.15 bits per heavy atom. The maximum atomic E-state index is 4.69. The monoisotopic (exact) mass is 273 g/mol. The van der Waals surface area contributed by atoms with Crippen LogP contribution in [-0.4, -0.2) is 35.6 Å². The summed E-state index contributed by atoms with van der Waals surface area (Å²) in [4.78, 5) is 14.7. The van der Waals surface area contributed by atoms with Crippen molar-refractivity contribution in [2.75, 3.05) is 25.5 Å². The summed E-state index contributed by atoms with van der Waals surface area (Å²) in [5.74, 6) is 2.78. The molecule has 5 heteroatoms. The Labute approximate surface area is 119 Å². The maximum Gasteiger partial charge on any atom is 0.179 e. The summed E-state index contributed by atoms with van der Waals surface area (Å²) in [6.07, 6.45) is 3.69. The molecule has 0 aliphatic carbocycles. The van der Waals surface area contributed by atoms with Crippen molar-refractivity contribution >= 4 is 17.0 Å². The third kappa shape index (κ3) is 2.50. The van der Waals surface area contributed by atoms with Gasteiger partial charge in [0.15, 0.2) is 5.65 Å². The lowest BCUT2D eigenvalue weighted by Gasteiger charge is -2.28. The highest BCUT2D eigenvalue weighted by atomic mass is 15.2. The first-order chi connectivity index (χ1) is 9.67. The molecule has 2 aromatic heterocycles. The first-order valence-electron chi connectivity index (χ1n) is 7.44. The molecule has 0 amide bonds. The minimum Gasteiger partial charge on any atom is -0.363 e. The van der Waals surface area contributed by atoms with E-state index >= 15 is 0 Å². The smallest absolute Gasteiger partial charge is 0.179 e. The van der Waals surface area contributed by atoms with E-state index in [4.69, 9.17) is 4.98 Å². The molecule has 0 saturated carbocycles. The lowest BCUT2D eigenvalue weighted by atomic mass is 9.90. The second kappa shape index (κ2) is 5.40. The topological polar surface area (TPSA) is 56.8 Å². The number of rotatable bonds is 3. The highest BCUT2D eigenvalue weighted by molar-refractivity contribution is 5.73. The fourth-order valence-corrected chi connectivity index (χ4v) is 2.89. The van der Waals surface area contributed by atoms with Crippen LogP contribution in [0.5, 0.6) is 0 Å². The molecular weight excluding hydrogens is 250 g/mol. The largest absolute Gasteiger partial charge is 0.363 e. The number of piperidine rings is 1. The summed E-state index contributed by atoms with van der Waals surface area (Å²) in [7, 11) is 3.99. The van der Waals surface area contributed by atoms with Crippen LogP contribution in [0, 0.1) is 5.92 Å². The van der Waals surface area contributed by atoms with Crippen molar-refractivity contribution in [2.45, 2.75) is 32.2 Å². The SMILES string of the molecule is CCC1CCNC(c2nc3nc(N(C)C)ccc3[nH]2)C1. The molecule has 2 N–H and O–H groups in total. The van der Waals surface area contributed by atoms with E-state index in [-0.39, 0.29) is 0 Å². The van der Waals surface area contributed by atoms with Crippen molar-refractivity contribution in [3.63, 3.8) is 0 Å². The van der Waals surface area contributed by atoms with Gasteiger partial charge in [0, 0.05) is 14.1 Å². The Bertz CT molecular complexity index is 589. The summed E-state index contributed by atoms with van der Waals surface area (Å²) >= 11 is 0. The van der Waals surface area contributed by atoms with E-state index in [1.54, 1.807) is 0 Å². The molecular formula is C15H23N5. The Hall–Kier alpha value is -1.62. The fraction of sp³-hybridized carbons (Fsp3) is 0.600. The molecule has 0 aromatic carbocycles. The van der Waals surface area contributed by atoms with Gasteiger partial charge in [-0.3, -0.25) is 0 Å². The third-order valence-electron chi connectivity index (χ3n) is 4.23. The van der Waals surface area contributed by atoms with Gasteiger partial charge in [-0.1, -0.05) is 13.3 Å². The molecule has 1 saturated heterocycles. The molecule has 0 bridgehead atoms. The minimum atomic E-state index is 0.339. The Kier molecular flexibility index (Phi) is 3.61. The van der Waals surface area contributed by atoms with Crippen molar-refractivity contribution in [1.29, 1.82) is 0 Å². The van der Waals surface area contributed by atoms with Crippen molar-refractivity contribution in [1.82, 2.24) is 20.3 Å². The van der Waals surface area contributed by atoms with Crippen molar-refractivity contribution in [2.24, 2.45) is 5.92 Å². The first-order valence-corrected chi connectivity index (χ1v) is 7.44. The molecule has 20 heavy (non-hydrogen) atoms. The zero-order chi connectivity index (χ0) is 14.1. The summed E-state index contributed by atoms with van der Waals surface area (Å²) in [6.45, 7) is 3.35. The van der Waals surface area contributed by atoms with Gasteiger partial charge in [0.2, 0.25) is 0 Å². The molecule has 2 unspecified atom stereocenters. The van der Waals surface area contributed by atoms with Crippen LogP contribution in [0.4, 0.5) is 5.82 Å². The first kappa shape index (κ1) is 13.4. The number of nitrogens with one attached hydrogen (secondary N) is 2. The molecule has 0 radical (unpaired) electrons. The van der Waals surface area contributed by atoms with E-state index in [1.165, 1.54) is 12.8 Å². The average molecular weight is 273 g/mol. The van der Waals surface area contributed by atoms with Gasteiger partial charge in [-0.25, -0.2) is 9.97 Å². The van der Waals surface area contributed by atoms with E-state index in [2.05, 4.69) is 28.3 Å².